The molecule has 1 aliphatic rings. The lowest BCUT2D eigenvalue weighted by atomic mass is 10.2. The van der Waals surface area contributed by atoms with Crippen LogP contribution >= 0.6 is 11.3 Å². The highest BCUT2D eigenvalue weighted by Gasteiger charge is 2.36. The first kappa shape index (κ1) is 15.5. The Labute approximate surface area is 126 Å². The Hall–Kier alpha value is -1.93. The lowest BCUT2D eigenvalue weighted by Gasteiger charge is -2.17. The van der Waals surface area contributed by atoms with Gasteiger partial charge < -0.3 is 20.7 Å². The second kappa shape index (κ2) is 6.23. The number of thiophene rings is 1. The fourth-order valence-electron chi connectivity index (χ4n) is 2.09. The Morgan fingerprint density at radius 2 is 2.29 bits per heavy atom. The van der Waals surface area contributed by atoms with Crippen LogP contribution in [0.25, 0.3) is 0 Å². The first-order valence-corrected chi connectivity index (χ1v) is 7.36. The predicted molar refractivity (Wildman–Crippen MR) is 78.2 cm³/mol. The largest absolute Gasteiger partial charge is 0.465 e. The number of methoxy groups -OCH3 is 1. The van der Waals surface area contributed by atoms with E-state index in [9.17, 15) is 14.4 Å². The molecule has 0 spiro atoms. The van der Waals surface area contributed by atoms with E-state index in [-0.39, 0.29) is 11.8 Å². The number of carbonyl (C=O) groups is 3. The number of rotatable bonds is 4. The van der Waals surface area contributed by atoms with E-state index in [0.29, 0.717) is 23.5 Å². The van der Waals surface area contributed by atoms with Crippen LogP contribution in [0.4, 0.5) is 5.00 Å². The van der Waals surface area contributed by atoms with Crippen LogP contribution in [0, 0.1) is 0 Å². The fourth-order valence-corrected chi connectivity index (χ4v) is 3.01. The van der Waals surface area contributed by atoms with Crippen molar-refractivity contribution in [1.82, 2.24) is 5.32 Å². The topological polar surface area (TPSA) is 102 Å². The minimum Gasteiger partial charge on any atom is -0.465 e. The normalized spacial score (nSPS) is 19.5. The molecule has 2 rings (SSSR count). The summed E-state index contributed by atoms with van der Waals surface area (Å²) in [5.74, 6) is -1.09. The smallest absolute Gasteiger partial charge is 0.340 e. The van der Waals surface area contributed by atoms with Crippen LogP contribution in [0.5, 0.6) is 0 Å². The lowest BCUT2D eigenvalue weighted by molar-refractivity contribution is -0.127. The van der Waals surface area contributed by atoms with Crippen LogP contribution in [-0.4, -0.2) is 43.5 Å². The number of hydrogen-bond acceptors (Lipinski definition) is 6. The van der Waals surface area contributed by atoms with Crippen molar-refractivity contribution in [3.8, 4) is 0 Å². The molecule has 2 heterocycles. The van der Waals surface area contributed by atoms with Gasteiger partial charge >= 0.3 is 5.97 Å². The number of nitrogens with two attached hydrogens (primary N) is 1. The molecule has 0 radical (unpaired) electrons. The van der Waals surface area contributed by atoms with Gasteiger partial charge in [-0.15, -0.1) is 11.3 Å². The Balaban J connectivity index is 2.14. The van der Waals surface area contributed by atoms with E-state index in [1.807, 2.05) is 0 Å². The van der Waals surface area contributed by atoms with Crippen molar-refractivity contribution >= 4 is 34.1 Å². The zero-order valence-corrected chi connectivity index (χ0v) is 12.6. The second-order valence-corrected chi connectivity index (χ2v) is 5.65. The van der Waals surface area contributed by atoms with E-state index in [2.05, 4.69) is 5.32 Å². The van der Waals surface area contributed by atoms with Gasteiger partial charge in [0.15, 0.2) is 0 Å². The lowest BCUT2D eigenvalue weighted by Crippen LogP contribution is -2.47. The summed E-state index contributed by atoms with van der Waals surface area (Å²) in [6.07, 6.45) is 0.482. The van der Waals surface area contributed by atoms with Crippen LogP contribution in [-0.2, 0) is 14.3 Å². The van der Waals surface area contributed by atoms with Crippen molar-refractivity contribution in [2.75, 3.05) is 18.6 Å². The number of nitrogens with zero attached hydrogens (tertiary/aromatic N) is 1. The van der Waals surface area contributed by atoms with Gasteiger partial charge in [-0.2, -0.15) is 0 Å². The van der Waals surface area contributed by atoms with E-state index in [1.165, 1.54) is 23.3 Å². The number of hydrogen-bond donors (Lipinski definition) is 2. The van der Waals surface area contributed by atoms with Crippen molar-refractivity contribution in [1.29, 1.82) is 0 Å². The van der Waals surface area contributed by atoms with Gasteiger partial charge in [-0.3, -0.25) is 9.59 Å². The van der Waals surface area contributed by atoms with Crippen molar-refractivity contribution in [2.45, 2.75) is 25.4 Å². The average molecular weight is 311 g/mol. The highest BCUT2D eigenvalue weighted by atomic mass is 32.1. The second-order valence-electron chi connectivity index (χ2n) is 4.76. The molecule has 21 heavy (non-hydrogen) atoms. The maximum atomic E-state index is 12.4. The number of nitrogens with one attached hydrogen (secondary N) is 1. The van der Waals surface area contributed by atoms with E-state index < -0.39 is 18.1 Å². The number of ether oxygens (including phenoxy) is 1. The first-order chi connectivity index (χ1) is 9.95. The molecule has 0 bridgehead atoms. The van der Waals surface area contributed by atoms with Gasteiger partial charge in [-0.05, 0) is 24.8 Å². The molecule has 0 aromatic carbocycles. The third-order valence-corrected chi connectivity index (χ3v) is 4.17. The molecule has 0 saturated carbocycles. The van der Waals surface area contributed by atoms with Crippen LogP contribution < -0.4 is 16.0 Å². The van der Waals surface area contributed by atoms with Gasteiger partial charge in [0.1, 0.15) is 11.0 Å². The summed E-state index contributed by atoms with van der Waals surface area (Å²) in [4.78, 5) is 37.1. The molecule has 1 aromatic heterocycles. The van der Waals surface area contributed by atoms with Crippen molar-refractivity contribution in [3.63, 3.8) is 0 Å². The maximum absolute atomic E-state index is 12.4. The summed E-state index contributed by atoms with van der Waals surface area (Å²) in [6, 6.07) is 0.350. The molecule has 1 saturated heterocycles. The SMILES string of the molecule is COC(=O)c1ccsc1N1CCC(NC(=O)[C@@H](C)N)C1=O. The molecular formula is C13H17N3O4S. The third kappa shape index (κ3) is 3.06. The number of esters is 1. The highest BCUT2D eigenvalue weighted by molar-refractivity contribution is 7.14. The van der Waals surface area contributed by atoms with Crippen molar-refractivity contribution in [2.24, 2.45) is 5.73 Å². The Bertz CT molecular complexity index is 570. The molecule has 3 N–H and O–H groups in total. The molecule has 2 amide bonds. The summed E-state index contributed by atoms with van der Waals surface area (Å²) in [5, 5.41) is 4.89. The third-order valence-electron chi connectivity index (χ3n) is 3.23. The predicted octanol–water partition coefficient (Wildman–Crippen LogP) is 0.103. The van der Waals surface area contributed by atoms with E-state index in [1.54, 1.807) is 18.4 Å². The molecule has 1 fully saturated rings. The molecule has 1 unspecified atom stereocenters. The molecule has 1 aliphatic heterocycles. The zero-order chi connectivity index (χ0) is 15.6. The minimum atomic E-state index is -0.667. The van der Waals surface area contributed by atoms with Crippen molar-refractivity contribution < 1.29 is 19.1 Å². The van der Waals surface area contributed by atoms with Gasteiger partial charge in [-0.25, -0.2) is 4.79 Å². The quantitative estimate of drug-likeness (QED) is 0.768. The van der Waals surface area contributed by atoms with Crippen LogP contribution in [0.15, 0.2) is 11.4 Å². The summed E-state index contributed by atoms with van der Waals surface area (Å²) in [7, 11) is 1.29. The number of amides is 2. The molecule has 2 atom stereocenters. The highest BCUT2D eigenvalue weighted by Crippen LogP contribution is 2.31. The monoisotopic (exact) mass is 311 g/mol. The minimum absolute atomic E-state index is 0.239. The fraction of sp³-hybridized carbons (Fsp3) is 0.462. The molecule has 1 aromatic rings. The summed E-state index contributed by atoms with van der Waals surface area (Å²) in [6.45, 7) is 1.99. The standard InChI is InChI=1S/C13H17N3O4S/c1-7(14)10(17)15-9-3-5-16(11(9)18)12-8(4-6-21-12)13(19)20-2/h4,6-7,9H,3,5,14H2,1-2H3,(H,15,17)/t7-,9?/m1/s1. The molecule has 114 valence electrons. The van der Waals surface area contributed by atoms with Gasteiger partial charge in [0.2, 0.25) is 11.8 Å². The van der Waals surface area contributed by atoms with Crippen LogP contribution in [0.3, 0.4) is 0 Å². The summed E-state index contributed by atoms with van der Waals surface area (Å²) < 4.78 is 4.70. The van der Waals surface area contributed by atoms with Crippen LogP contribution in [0.2, 0.25) is 0 Å². The van der Waals surface area contributed by atoms with Gasteiger partial charge in [-0.1, -0.05) is 0 Å². The Morgan fingerprint density at radius 1 is 1.57 bits per heavy atom. The summed E-state index contributed by atoms with van der Waals surface area (Å²) in [5.41, 5.74) is 5.83. The van der Waals surface area contributed by atoms with E-state index in [0.717, 1.165) is 0 Å². The molecule has 7 nitrogen and oxygen atoms in total. The number of carbonyl (C=O) groups excluding carboxylic acids is 3. The van der Waals surface area contributed by atoms with Crippen LogP contribution in [0.1, 0.15) is 23.7 Å². The summed E-state index contributed by atoms with van der Waals surface area (Å²) >= 11 is 1.29. The van der Waals surface area contributed by atoms with Crippen molar-refractivity contribution in [3.05, 3.63) is 17.0 Å². The van der Waals surface area contributed by atoms with Gasteiger partial charge in [0, 0.05) is 6.54 Å². The average Bonchev–Trinajstić information content (AvgIpc) is 3.05. The molecule has 8 heteroatoms. The maximum Gasteiger partial charge on any atom is 0.340 e. The number of anilines is 1. The Kier molecular flexibility index (Phi) is 4.59. The van der Waals surface area contributed by atoms with E-state index in [4.69, 9.17) is 10.5 Å². The molecular weight excluding hydrogens is 294 g/mol. The van der Waals surface area contributed by atoms with Gasteiger partial charge in [0.05, 0.1) is 18.7 Å². The first-order valence-electron chi connectivity index (χ1n) is 6.48. The van der Waals surface area contributed by atoms with Gasteiger partial charge in [0.25, 0.3) is 0 Å². The van der Waals surface area contributed by atoms with E-state index >= 15 is 0 Å². The molecule has 0 aliphatic carbocycles. The zero-order valence-electron chi connectivity index (χ0n) is 11.8. The Morgan fingerprint density at radius 3 is 2.90 bits per heavy atom.